The molecule has 7 nitrogen and oxygen atoms in total. The van der Waals surface area contributed by atoms with Crippen molar-refractivity contribution in [3.63, 3.8) is 0 Å². The molecule has 2 aromatic rings. The van der Waals surface area contributed by atoms with Crippen LogP contribution in [-0.2, 0) is 14.8 Å². The number of primary amides is 1. The van der Waals surface area contributed by atoms with Crippen molar-refractivity contribution in [3.05, 3.63) is 58.6 Å². The molecule has 0 spiro atoms. The van der Waals surface area contributed by atoms with Gasteiger partial charge in [0.25, 0.3) is 5.91 Å². The first-order valence-corrected chi connectivity index (χ1v) is 9.75. The van der Waals surface area contributed by atoms with Gasteiger partial charge in [-0.05, 0) is 36.8 Å². The fraction of sp³-hybridized carbons (Fsp3) is 0.176. The van der Waals surface area contributed by atoms with Gasteiger partial charge in [-0.3, -0.25) is 13.9 Å². The SMILES string of the molecule is Cc1ccc(Cl)cc1N(CC(=O)Nc1ccccc1C(N)=O)S(C)(=O)=O. The van der Waals surface area contributed by atoms with Gasteiger partial charge in [-0.25, -0.2) is 8.42 Å². The van der Waals surface area contributed by atoms with E-state index >= 15 is 0 Å². The molecule has 0 unspecified atom stereocenters. The zero-order chi connectivity index (χ0) is 19.5. The van der Waals surface area contributed by atoms with Gasteiger partial charge in [-0.15, -0.1) is 0 Å². The third-order valence-corrected chi connectivity index (χ3v) is 4.96. The molecule has 0 aromatic heterocycles. The number of benzene rings is 2. The molecular weight excluding hydrogens is 378 g/mol. The van der Waals surface area contributed by atoms with Crippen LogP contribution in [-0.4, -0.2) is 33.0 Å². The summed E-state index contributed by atoms with van der Waals surface area (Å²) in [4.78, 5) is 23.8. The smallest absolute Gasteiger partial charge is 0.250 e. The standard InChI is InChI=1S/C17H18ClN3O4S/c1-11-7-8-12(18)9-15(11)21(26(2,24)25)10-16(22)20-14-6-4-3-5-13(14)17(19)23/h3-9H,10H2,1-2H3,(H2,19,23)(H,20,22). The first-order chi connectivity index (χ1) is 12.1. The van der Waals surface area contributed by atoms with E-state index in [4.69, 9.17) is 17.3 Å². The second-order valence-corrected chi connectivity index (χ2v) is 8.00. The van der Waals surface area contributed by atoms with Crippen LogP contribution >= 0.6 is 11.6 Å². The first-order valence-electron chi connectivity index (χ1n) is 7.52. The third-order valence-electron chi connectivity index (χ3n) is 3.59. The van der Waals surface area contributed by atoms with Gasteiger partial charge in [0.15, 0.2) is 0 Å². The minimum Gasteiger partial charge on any atom is -0.366 e. The lowest BCUT2D eigenvalue weighted by Crippen LogP contribution is -2.38. The van der Waals surface area contributed by atoms with E-state index in [1.165, 1.54) is 18.2 Å². The zero-order valence-corrected chi connectivity index (χ0v) is 15.8. The molecule has 0 atom stereocenters. The zero-order valence-electron chi connectivity index (χ0n) is 14.2. The number of anilines is 2. The molecule has 138 valence electrons. The number of aryl methyl sites for hydroxylation is 1. The van der Waals surface area contributed by atoms with Gasteiger partial charge in [-0.1, -0.05) is 29.8 Å². The van der Waals surface area contributed by atoms with E-state index in [2.05, 4.69) is 5.32 Å². The molecule has 0 aliphatic rings. The Balaban J connectivity index is 2.32. The van der Waals surface area contributed by atoms with Crippen molar-refractivity contribution in [3.8, 4) is 0 Å². The Morgan fingerprint density at radius 3 is 2.46 bits per heavy atom. The van der Waals surface area contributed by atoms with Crippen molar-refractivity contribution in [2.24, 2.45) is 5.73 Å². The number of carbonyl (C=O) groups excluding carboxylic acids is 2. The number of hydrogen-bond acceptors (Lipinski definition) is 4. The Hall–Kier alpha value is -2.58. The van der Waals surface area contributed by atoms with Crippen LogP contribution in [0.25, 0.3) is 0 Å². The number of hydrogen-bond donors (Lipinski definition) is 2. The number of amides is 2. The van der Waals surface area contributed by atoms with E-state index in [0.717, 1.165) is 10.6 Å². The highest BCUT2D eigenvalue weighted by atomic mass is 35.5. The van der Waals surface area contributed by atoms with Crippen molar-refractivity contribution in [2.75, 3.05) is 22.4 Å². The van der Waals surface area contributed by atoms with Crippen molar-refractivity contribution in [2.45, 2.75) is 6.92 Å². The summed E-state index contributed by atoms with van der Waals surface area (Å²) in [6.07, 6.45) is 0.998. The van der Waals surface area contributed by atoms with Crippen LogP contribution in [0.15, 0.2) is 42.5 Å². The number of nitrogens with one attached hydrogen (secondary N) is 1. The molecule has 2 amide bonds. The van der Waals surface area contributed by atoms with Crippen molar-refractivity contribution < 1.29 is 18.0 Å². The lowest BCUT2D eigenvalue weighted by molar-refractivity contribution is -0.114. The van der Waals surface area contributed by atoms with Crippen LogP contribution in [0.3, 0.4) is 0 Å². The van der Waals surface area contributed by atoms with Crippen molar-refractivity contribution in [1.29, 1.82) is 0 Å². The number of nitrogens with zero attached hydrogens (tertiary/aromatic N) is 1. The van der Waals surface area contributed by atoms with Gasteiger partial charge in [-0.2, -0.15) is 0 Å². The quantitative estimate of drug-likeness (QED) is 0.780. The normalized spacial score (nSPS) is 11.0. The van der Waals surface area contributed by atoms with Crippen LogP contribution in [0.4, 0.5) is 11.4 Å². The minimum absolute atomic E-state index is 0.130. The molecule has 0 saturated carbocycles. The van der Waals surface area contributed by atoms with Gasteiger partial charge >= 0.3 is 0 Å². The van der Waals surface area contributed by atoms with Gasteiger partial charge < -0.3 is 11.1 Å². The number of para-hydroxylation sites is 1. The van der Waals surface area contributed by atoms with Gasteiger partial charge in [0.05, 0.1) is 23.2 Å². The van der Waals surface area contributed by atoms with Crippen LogP contribution in [0.1, 0.15) is 15.9 Å². The summed E-state index contributed by atoms with van der Waals surface area (Å²) in [5.41, 5.74) is 6.56. The Morgan fingerprint density at radius 2 is 1.85 bits per heavy atom. The number of carbonyl (C=O) groups is 2. The maximum Gasteiger partial charge on any atom is 0.250 e. The lowest BCUT2D eigenvalue weighted by atomic mass is 10.1. The van der Waals surface area contributed by atoms with Gasteiger partial charge in [0.1, 0.15) is 6.54 Å². The predicted molar refractivity (Wildman–Crippen MR) is 102 cm³/mol. The highest BCUT2D eigenvalue weighted by molar-refractivity contribution is 7.92. The average molecular weight is 396 g/mol. The second kappa shape index (κ2) is 7.76. The highest BCUT2D eigenvalue weighted by Crippen LogP contribution is 2.26. The molecule has 2 rings (SSSR count). The summed E-state index contributed by atoms with van der Waals surface area (Å²) >= 11 is 5.96. The fourth-order valence-electron chi connectivity index (χ4n) is 2.36. The topological polar surface area (TPSA) is 110 Å². The number of nitrogens with two attached hydrogens (primary N) is 1. The van der Waals surface area contributed by atoms with E-state index < -0.39 is 28.4 Å². The molecule has 0 saturated heterocycles. The molecular formula is C17H18ClN3O4S. The van der Waals surface area contributed by atoms with E-state index in [1.807, 2.05) is 0 Å². The molecule has 0 aliphatic carbocycles. The summed E-state index contributed by atoms with van der Waals surface area (Å²) in [5.74, 6) is -1.32. The molecule has 0 radical (unpaired) electrons. The van der Waals surface area contributed by atoms with Crippen LogP contribution < -0.4 is 15.4 Å². The molecule has 3 N–H and O–H groups in total. The molecule has 0 heterocycles. The number of sulfonamides is 1. The van der Waals surface area contributed by atoms with Gasteiger partial charge in [0, 0.05) is 5.02 Å². The minimum atomic E-state index is -3.75. The van der Waals surface area contributed by atoms with E-state index in [0.29, 0.717) is 16.3 Å². The van der Waals surface area contributed by atoms with Crippen LogP contribution in [0, 0.1) is 6.92 Å². The second-order valence-electron chi connectivity index (χ2n) is 5.66. The van der Waals surface area contributed by atoms with Crippen molar-refractivity contribution >= 4 is 44.8 Å². The summed E-state index contributed by atoms with van der Waals surface area (Å²) in [5, 5.41) is 2.87. The molecule has 0 aliphatic heterocycles. The Morgan fingerprint density at radius 1 is 1.19 bits per heavy atom. The summed E-state index contributed by atoms with van der Waals surface area (Å²) < 4.78 is 25.3. The maximum atomic E-state index is 12.4. The summed E-state index contributed by atoms with van der Waals surface area (Å²) in [7, 11) is -3.75. The predicted octanol–water partition coefficient (Wildman–Crippen LogP) is 2.15. The van der Waals surface area contributed by atoms with Crippen LogP contribution in [0.2, 0.25) is 5.02 Å². The molecule has 26 heavy (non-hydrogen) atoms. The number of halogens is 1. The van der Waals surface area contributed by atoms with Crippen molar-refractivity contribution in [1.82, 2.24) is 0 Å². The largest absolute Gasteiger partial charge is 0.366 e. The fourth-order valence-corrected chi connectivity index (χ4v) is 3.43. The summed E-state index contributed by atoms with van der Waals surface area (Å²) in [6.45, 7) is 1.23. The van der Waals surface area contributed by atoms with E-state index in [-0.39, 0.29) is 11.3 Å². The highest BCUT2D eigenvalue weighted by Gasteiger charge is 2.23. The van der Waals surface area contributed by atoms with E-state index in [9.17, 15) is 18.0 Å². The van der Waals surface area contributed by atoms with Crippen LogP contribution in [0.5, 0.6) is 0 Å². The maximum absolute atomic E-state index is 12.4. The Kier molecular flexibility index (Phi) is 5.89. The Bertz CT molecular complexity index is 960. The van der Waals surface area contributed by atoms with Gasteiger partial charge in [0.2, 0.25) is 15.9 Å². The average Bonchev–Trinajstić information content (AvgIpc) is 2.54. The lowest BCUT2D eigenvalue weighted by Gasteiger charge is -2.24. The number of rotatable bonds is 6. The monoisotopic (exact) mass is 395 g/mol. The Labute approximate surface area is 156 Å². The van der Waals surface area contributed by atoms with E-state index in [1.54, 1.807) is 31.2 Å². The third kappa shape index (κ3) is 4.74. The molecule has 2 aromatic carbocycles. The molecule has 9 heteroatoms. The first kappa shape index (κ1) is 19.7. The summed E-state index contributed by atoms with van der Waals surface area (Å²) in [6, 6.07) is 11.0. The molecule has 0 fully saturated rings. The molecule has 0 bridgehead atoms.